The van der Waals surface area contributed by atoms with Crippen LogP contribution in [-0.2, 0) is 16.6 Å². The zero-order valence-corrected chi connectivity index (χ0v) is 19.1. The molecule has 0 radical (unpaired) electrons. The molecule has 0 saturated heterocycles. The highest BCUT2D eigenvalue weighted by atomic mass is 32.2. The predicted molar refractivity (Wildman–Crippen MR) is 131 cm³/mol. The van der Waals surface area contributed by atoms with Crippen LogP contribution in [-0.4, -0.2) is 33.4 Å². The van der Waals surface area contributed by atoms with E-state index >= 15 is 0 Å². The van der Waals surface area contributed by atoms with E-state index in [1.54, 1.807) is 60.9 Å². The standard InChI is InChI=1S/C25H24N4O3S/c1-29(2)23-9-3-8-22-21(23)7-4-10-24(22)33(31,32)27-16-18-11-13-19(14-12-18)25(30)28-20-6-5-15-26-17-20/h3-15,17,27H,16H2,1-2H3,(H,28,30). The van der Waals surface area contributed by atoms with Gasteiger partial charge >= 0.3 is 0 Å². The number of nitrogens with zero attached hydrogens (tertiary/aromatic N) is 2. The van der Waals surface area contributed by atoms with Gasteiger partial charge in [0.15, 0.2) is 0 Å². The Labute approximate surface area is 193 Å². The number of rotatable bonds is 7. The number of fused-ring (bicyclic) bond motifs is 1. The third kappa shape index (κ3) is 5.02. The Morgan fingerprint density at radius 3 is 2.33 bits per heavy atom. The van der Waals surface area contributed by atoms with Crippen LogP contribution in [0.1, 0.15) is 15.9 Å². The van der Waals surface area contributed by atoms with Crippen molar-refractivity contribution in [1.29, 1.82) is 0 Å². The van der Waals surface area contributed by atoms with Gasteiger partial charge < -0.3 is 10.2 Å². The number of pyridine rings is 1. The van der Waals surface area contributed by atoms with Crippen molar-refractivity contribution in [1.82, 2.24) is 9.71 Å². The van der Waals surface area contributed by atoms with E-state index < -0.39 is 10.0 Å². The molecule has 0 saturated carbocycles. The Morgan fingerprint density at radius 1 is 0.909 bits per heavy atom. The maximum atomic E-state index is 13.1. The number of benzene rings is 3. The maximum absolute atomic E-state index is 13.1. The first-order chi connectivity index (χ1) is 15.8. The predicted octanol–water partition coefficient (Wildman–Crippen LogP) is 4.03. The van der Waals surface area contributed by atoms with Crippen molar-refractivity contribution in [3.63, 3.8) is 0 Å². The number of nitrogens with one attached hydrogen (secondary N) is 2. The molecule has 8 heteroatoms. The second-order valence-electron chi connectivity index (χ2n) is 7.74. The van der Waals surface area contributed by atoms with Crippen molar-refractivity contribution in [2.45, 2.75) is 11.4 Å². The molecule has 0 aliphatic carbocycles. The molecular formula is C25H24N4O3S. The number of anilines is 2. The van der Waals surface area contributed by atoms with E-state index in [0.29, 0.717) is 16.6 Å². The molecular weight excluding hydrogens is 436 g/mol. The molecule has 1 amide bonds. The molecule has 0 bridgehead atoms. The summed E-state index contributed by atoms with van der Waals surface area (Å²) < 4.78 is 28.8. The summed E-state index contributed by atoms with van der Waals surface area (Å²) in [5, 5.41) is 4.30. The van der Waals surface area contributed by atoms with E-state index in [9.17, 15) is 13.2 Å². The summed E-state index contributed by atoms with van der Waals surface area (Å²) in [7, 11) is 0.101. The van der Waals surface area contributed by atoms with Crippen LogP contribution in [0.25, 0.3) is 10.8 Å². The SMILES string of the molecule is CN(C)c1cccc2c(S(=O)(=O)NCc3ccc(C(=O)Nc4cccnc4)cc3)cccc12. The van der Waals surface area contributed by atoms with Gasteiger partial charge in [-0.15, -0.1) is 0 Å². The maximum Gasteiger partial charge on any atom is 0.255 e. The van der Waals surface area contributed by atoms with Gasteiger partial charge in [0.2, 0.25) is 10.0 Å². The van der Waals surface area contributed by atoms with Gasteiger partial charge in [0, 0.05) is 48.9 Å². The van der Waals surface area contributed by atoms with E-state index in [2.05, 4.69) is 15.0 Å². The summed E-state index contributed by atoms with van der Waals surface area (Å²) in [6.07, 6.45) is 3.20. The number of hydrogen-bond donors (Lipinski definition) is 2. The Balaban J connectivity index is 1.49. The molecule has 33 heavy (non-hydrogen) atoms. The largest absolute Gasteiger partial charge is 0.377 e. The van der Waals surface area contributed by atoms with Crippen LogP contribution in [0.2, 0.25) is 0 Å². The van der Waals surface area contributed by atoms with E-state index in [4.69, 9.17) is 0 Å². The highest BCUT2D eigenvalue weighted by Gasteiger charge is 2.18. The molecule has 0 fully saturated rings. The highest BCUT2D eigenvalue weighted by Crippen LogP contribution is 2.30. The van der Waals surface area contributed by atoms with Gasteiger partial charge in [0.1, 0.15) is 0 Å². The minimum absolute atomic E-state index is 0.108. The van der Waals surface area contributed by atoms with Crippen molar-refractivity contribution in [2.75, 3.05) is 24.3 Å². The molecule has 168 valence electrons. The molecule has 0 aliphatic heterocycles. The molecule has 7 nitrogen and oxygen atoms in total. The number of carbonyl (C=O) groups excluding carboxylic acids is 1. The van der Waals surface area contributed by atoms with Crippen molar-refractivity contribution < 1.29 is 13.2 Å². The zero-order valence-electron chi connectivity index (χ0n) is 18.3. The average molecular weight is 461 g/mol. The fourth-order valence-electron chi connectivity index (χ4n) is 3.56. The topological polar surface area (TPSA) is 91.4 Å². The van der Waals surface area contributed by atoms with Crippen LogP contribution in [0.5, 0.6) is 0 Å². The van der Waals surface area contributed by atoms with Crippen LogP contribution < -0.4 is 14.9 Å². The van der Waals surface area contributed by atoms with Gasteiger partial charge in [-0.1, -0.05) is 36.4 Å². The fraction of sp³-hybridized carbons (Fsp3) is 0.120. The number of carbonyl (C=O) groups is 1. The van der Waals surface area contributed by atoms with Gasteiger partial charge in [-0.05, 0) is 42.0 Å². The Morgan fingerprint density at radius 2 is 1.64 bits per heavy atom. The van der Waals surface area contributed by atoms with E-state index in [-0.39, 0.29) is 17.3 Å². The second-order valence-corrected chi connectivity index (χ2v) is 9.48. The number of hydrogen-bond acceptors (Lipinski definition) is 5. The average Bonchev–Trinajstić information content (AvgIpc) is 2.83. The molecule has 4 aromatic rings. The second kappa shape index (κ2) is 9.40. The first kappa shape index (κ1) is 22.4. The highest BCUT2D eigenvalue weighted by molar-refractivity contribution is 7.89. The minimum Gasteiger partial charge on any atom is -0.377 e. The zero-order chi connectivity index (χ0) is 23.4. The Kier molecular flexibility index (Phi) is 6.39. The van der Waals surface area contributed by atoms with Crippen LogP contribution in [0.4, 0.5) is 11.4 Å². The molecule has 0 aliphatic rings. The van der Waals surface area contributed by atoms with E-state index in [0.717, 1.165) is 16.6 Å². The summed E-state index contributed by atoms with van der Waals surface area (Å²) >= 11 is 0. The van der Waals surface area contributed by atoms with Gasteiger partial charge in [0.25, 0.3) is 5.91 Å². The summed E-state index contributed by atoms with van der Waals surface area (Å²) in [6.45, 7) is 0.108. The lowest BCUT2D eigenvalue weighted by molar-refractivity contribution is 0.102. The van der Waals surface area contributed by atoms with Crippen molar-refractivity contribution in [3.8, 4) is 0 Å². The molecule has 4 rings (SSSR count). The van der Waals surface area contributed by atoms with E-state index in [1.165, 1.54) is 0 Å². The lowest BCUT2D eigenvalue weighted by Gasteiger charge is -2.17. The van der Waals surface area contributed by atoms with Gasteiger partial charge in [-0.2, -0.15) is 0 Å². The normalized spacial score (nSPS) is 11.3. The smallest absolute Gasteiger partial charge is 0.255 e. The number of amides is 1. The first-order valence-corrected chi connectivity index (χ1v) is 11.8. The third-order valence-corrected chi connectivity index (χ3v) is 6.69. The monoisotopic (exact) mass is 460 g/mol. The number of sulfonamides is 1. The Bertz CT molecular complexity index is 1390. The van der Waals surface area contributed by atoms with Gasteiger partial charge in [0.05, 0.1) is 16.8 Å². The summed E-state index contributed by atoms with van der Waals surface area (Å²) in [4.78, 5) is 18.5. The van der Waals surface area contributed by atoms with Gasteiger partial charge in [-0.25, -0.2) is 13.1 Å². The molecule has 1 aromatic heterocycles. The third-order valence-electron chi connectivity index (χ3n) is 5.23. The fourth-order valence-corrected chi connectivity index (χ4v) is 4.80. The summed E-state index contributed by atoms with van der Waals surface area (Å²) in [6, 6.07) is 21.2. The Hall–Kier alpha value is -3.75. The lowest BCUT2D eigenvalue weighted by Crippen LogP contribution is -2.23. The van der Waals surface area contributed by atoms with E-state index in [1.807, 2.05) is 43.3 Å². The molecule has 1 heterocycles. The molecule has 3 aromatic carbocycles. The molecule has 2 N–H and O–H groups in total. The first-order valence-electron chi connectivity index (χ1n) is 10.3. The molecule has 0 unspecified atom stereocenters. The van der Waals surface area contributed by atoms with Crippen LogP contribution in [0.15, 0.2) is 90.1 Å². The lowest BCUT2D eigenvalue weighted by atomic mass is 10.1. The van der Waals surface area contributed by atoms with Crippen LogP contribution >= 0.6 is 0 Å². The van der Waals surface area contributed by atoms with Crippen molar-refractivity contribution in [2.24, 2.45) is 0 Å². The molecule has 0 atom stereocenters. The van der Waals surface area contributed by atoms with Crippen LogP contribution in [0, 0.1) is 0 Å². The van der Waals surface area contributed by atoms with Gasteiger partial charge in [-0.3, -0.25) is 9.78 Å². The van der Waals surface area contributed by atoms with Crippen molar-refractivity contribution >= 4 is 38.1 Å². The van der Waals surface area contributed by atoms with Crippen LogP contribution in [0.3, 0.4) is 0 Å². The minimum atomic E-state index is -3.75. The van der Waals surface area contributed by atoms with Crippen molar-refractivity contribution in [3.05, 3.63) is 96.3 Å². The quantitative estimate of drug-likeness (QED) is 0.435. The number of aromatic nitrogens is 1. The molecule has 0 spiro atoms. The summed E-state index contributed by atoms with van der Waals surface area (Å²) in [5.41, 5.74) is 2.76. The summed E-state index contributed by atoms with van der Waals surface area (Å²) in [5.74, 6) is -0.261.